The molecule has 0 unspecified atom stereocenters. The third-order valence-corrected chi connectivity index (χ3v) is 5.00. The van der Waals surface area contributed by atoms with Gasteiger partial charge in [0.05, 0.1) is 18.4 Å². The maximum Gasteiger partial charge on any atom is 0.309 e. The number of hydrogen-bond acceptors (Lipinski definition) is 6. The van der Waals surface area contributed by atoms with Gasteiger partial charge in [0.2, 0.25) is 0 Å². The molecule has 1 aliphatic carbocycles. The van der Waals surface area contributed by atoms with E-state index in [2.05, 4.69) is 0 Å². The lowest BCUT2D eigenvalue weighted by Gasteiger charge is -2.40. The number of rotatable bonds is 5. The number of esters is 3. The molecular formula is C17H26O6. The van der Waals surface area contributed by atoms with Crippen LogP contribution >= 0.6 is 0 Å². The van der Waals surface area contributed by atoms with E-state index in [1.165, 1.54) is 6.92 Å². The van der Waals surface area contributed by atoms with E-state index in [1.807, 2.05) is 20.8 Å². The summed E-state index contributed by atoms with van der Waals surface area (Å²) in [6.45, 7) is 7.43. The molecule has 1 saturated carbocycles. The summed E-state index contributed by atoms with van der Waals surface area (Å²) >= 11 is 0. The second kappa shape index (κ2) is 7.32. The number of cyclic esters (lactones) is 1. The fourth-order valence-corrected chi connectivity index (χ4v) is 3.83. The van der Waals surface area contributed by atoms with Crippen molar-refractivity contribution in [2.45, 2.75) is 59.2 Å². The molecule has 0 bridgehead atoms. The van der Waals surface area contributed by atoms with Crippen LogP contribution in [0.1, 0.15) is 47.0 Å². The molecule has 6 atom stereocenters. The van der Waals surface area contributed by atoms with E-state index in [0.717, 1.165) is 12.8 Å². The van der Waals surface area contributed by atoms with E-state index in [-0.39, 0.29) is 29.9 Å². The van der Waals surface area contributed by atoms with Gasteiger partial charge < -0.3 is 14.2 Å². The number of fused-ring (bicyclic) bond motifs is 1. The van der Waals surface area contributed by atoms with Crippen molar-refractivity contribution in [1.29, 1.82) is 0 Å². The molecule has 1 aliphatic heterocycles. The smallest absolute Gasteiger partial charge is 0.309 e. The minimum Gasteiger partial charge on any atom is -0.465 e. The number of hydrogen-bond donors (Lipinski definition) is 0. The maximum absolute atomic E-state index is 12.6. The summed E-state index contributed by atoms with van der Waals surface area (Å²) in [5, 5.41) is 0. The first kappa shape index (κ1) is 17.8. The number of carbonyl (C=O) groups excluding carboxylic acids is 3. The average molecular weight is 326 g/mol. The first-order valence-electron chi connectivity index (χ1n) is 8.41. The lowest BCUT2D eigenvalue weighted by atomic mass is 9.65. The van der Waals surface area contributed by atoms with E-state index < -0.39 is 23.9 Å². The largest absolute Gasteiger partial charge is 0.465 e. The zero-order chi connectivity index (χ0) is 17.1. The van der Waals surface area contributed by atoms with Crippen molar-refractivity contribution < 1.29 is 28.6 Å². The molecule has 0 aromatic carbocycles. The van der Waals surface area contributed by atoms with E-state index in [0.29, 0.717) is 13.0 Å². The summed E-state index contributed by atoms with van der Waals surface area (Å²) in [7, 11) is 0. The molecule has 0 spiro atoms. The number of unbranched alkanes of at least 4 members (excludes halogenated alkanes) is 1. The fourth-order valence-electron chi connectivity index (χ4n) is 3.83. The van der Waals surface area contributed by atoms with Crippen LogP contribution in [-0.2, 0) is 28.6 Å². The van der Waals surface area contributed by atoms with Gasteiger partial charge in [-0.05, 0) is 19.8 Å². The summed E-state index contributed by atoms with van der Waals surface area (Å²) in [6, 6.07) is 0. The molecule has 23 heavy (non-hydrogen) atoms. The van der Waals surface area contributed by atoms with Crippen molar-refractivity contribution in [2.24, 2.45) is 23.7 Å². The zero-order valence-electron chi connectivity index (χ0n) is 14.2. The summed E-state index contributed by atoms with van der Waals surface area (Å²) in [5.41, 5.74) is 0. The van der Waals surface area contributed by atoms with Crippen molar-refractivity contribution in [2.75, 3.05) is 6.61 Å². The van der Waals surface area contributed by atoms with Gasteiger partial charge in [-0.15, -0.1) is 0 Å². The Labute approximate surface area is 136 Å². The van der Waals surface area contributed by atoms with Crippen molar-refractivity contribution >= 4 is 17.9 Å². The average Bonchev–Trinajstić information content (AvgIpc) is 2.74. The Balaban J connectivity index is 2.20. The minimum atomic E-state index is -0.489. The lowest BCUT2D eigenvalue weighted by Crippen LogP contribution is -2.49. The molecule has 0 aromatic heterocycles. The molecule has 0 radical (unpaired) electrons. The van der Waals surface area contributed by atoms with Gasteiger partial charge in [0.15, 0.2) is 0 Å². The number of carbonyl (C=O) groups is 3. The van der Waals surface area contributed by atoms with E-state index in [4.69, 9.17) is 14.2 Å². The lowest BCUT2D eigenvalue weighted by molar-refractivity contribution is -0.169. The van der Waals surface area contributed by atoms with Crippen LogP contribution < -0.4 is 0 Å². The first-order chi connectivity index (χ1) is 10.9. The highest BCUT2D eigenvalue weighted by atomic mass is 16.6. The van der Waals surface area contributed by atoms with E-state index in [1.54, 1.807) is 0 Å². The minimum absolute atomic E-state index is 0.203. The molecule has 2 fully saturated rings. The Morgan fingerprint density at radius 3 is 2.61 bits per heavy atom. The molecular weight excluding hydrogens is 300 g/mol. The van der Waals surface area contributed by atoms with Crippen LogP contribution in [0.5, 0.6) is 0 Å². The highest BCUT2D eigenvalue weighted by Gasteiger charge is 2.57. The summed E-state index contributed by atoms with van der Waals surface area (Å²) in [4.78, 5) is 36.0. The predicted molar refractivity (Wildman–Crippen MR) is 81.2 cm³/mol. The van der Waals surface area contributed by atoms with Crippen LogP contribution in [0, 0.1) is 23.7 Å². The standard InChI is InChI=1S/C17H26O6/c1-5-6-7-21-17(20)14-9(2)13(23-11(4)18)8-12-15(14)10(3)22-16(12)19/h9-10,12-15H,5-8H2,1-4H3/t9-,10-,12-,13-,14+,15-/m1/s1. The van der Waals surface area contributed by atoms with E-state index >= 15 is 0 Å². The predicted octanol–water partition coefficient (Wildman–Crippen LogP) is 2.10. The van der Waals surface area contributed by atoms with Gasteiger partial charge in [0.25, 0.3) is 0 Å². The van der Waals surface area contributed by atoms with Crippen molar-refractivity contribution in [3.05, 3.63) is 0 Å². The maximum atomic E-state index is 12.6. The van der Waals surface area contributed by atoms with E-state index in [9.17, 15) is 14.4 Å². The van der Waals surface area contributed by atoms with Gasteiger partial charge >= 0.3 is 17.9 Å². The molecule has 0 N–H and O–H groups in total. The molecule has 2 rings (SSSR count). The molecule has 1 saturated heterocycles. The normalized spacial score (nSPS) is 36.1. The van der Waals surface area contributed by atoms with Crippen LogP contribution in [0.4, 0.5) is 0 Å². The van der Waals surface area contributed by atoms with Crippen molar-refractivity contribution in [3.8, 4) is 0 Å². The molecule has 6 nitrogen and oxygen atoms in total. The molecule has 6 heteroatoms. The highest BCUT2D eigenvalue weighted by Crippen LogP contribution is 2.47. The van der Waals surface area contributed by atoms with Crippen LogP contribution in [0.3, 0.4) is 0 Å². The summed E-state index contributed by atoms with van der Waals surface area (Å²) in [5.74, 6) is -2.34. The second-order valence-electron chi connectivity index (χ2n) is 6.62. The van der Waals surface area contributed by atoms with Gasteiger partial charge in [-0.25, -0.2) is 0 Å². The third kappa shape index (κ3) is 3.67. The van der Waals surface area contributed by atoms with Gasteiger partial charge in [0.1, 0.15) is 12.2 Å². The third-order valence-electron chi connectivity index (χ3n) is 5.00. The molecule has 2 aliphatic rings. The Bertz CT molecular complexity index is 474. The summed E-state index contributed by atoms with van der Waals surface area (Å²) in [6.07, 6.45) is 1.37. The highest BCUT2D eigenvalue weighted by molar-refractivity contribution is 5.80. The van der Waals surface area contributed by atoms with Crippen LogP contribution in [0.2, 0.25) is 0 Å². The SMILES string of the molecule is CCCCOC(=O)[C@H]1[C@H](C)[C@H](OC(C)=O)C[C@H]2C(=O)O[C@H](C)[C@@H]12. The van der Waals surface area contributed by atoms with Crippen molar-refractivity contribution in [3.63, 3.8) is 0 Å². The fraction of sp³-hybridized carbons (Fsp3) is 0.824. The van der Waals surface area contributed by atoms with Gasteiger partial charge in [0, 0.05) is 18.8 Å². The molecule has 1 heterocycles. The van der Waals surface area contributed by atoms with Gasteiger partial charge in [-0.2, -0.15) is 0 Å². The quantitative estimate of drug-likeness (QED) is 0.437. The first-order valence-corrected chi connectivity index (χ1v) is 8.41. The van der Waals surface area contributed by atoms with Gasteiger partial charge in [-0.1, -0.05) is 20.3 Å². The monoisotopic (exact) mass is 326 g/mol. The second-order valence-corrected chi connectivity index (χ2v) is 6.62. The molecule has 130 valence electrons. The molecule has 0 aromatic rings. The Hall–Kier alpha value is -1.59. The Kier molecular flexibility index (Phi) is 5.65. The summed E-state index contributed by atoms with van der Waals surface area (Å²) < 4.78 is 16.1. The van der Waals surface area contributed by atoms with Crippen molar-refractivity contribution in [1.82, 2.24) is 0 Å². The van der Waals surface area contributed by atoms with Crippen LogP contribution in [0.25, 0.3) is 0 Å². The molecule has 0 amide bonds. The number of ether oxygens (including phenoxy) is 3. The Morgan fingerprint density at radius 1 is 1.30 bits per heavy atom. The van der Waals surface area contributed by atoms with Crippen LogP contribution in [-0.4, -0.2) is 36.7 Å². The topological polar surface area (TPSA) is 78.9 Å². The van der Waals surface area contributed by atoms with Gasteiger partial charge in [-0.3, -0.25) is 14.4 Å². The Morgan fingerprint density at radius 2 is 2.00 bits per heavy atom. The van der Waals surface area contributed by atoms with Crippen LogP contribution in [0.15, 0.2) is 0 Å². The zero-order valence-corrected chi connectivity index (χ0v) is 14.2.